The lowest BCUT2D eigenvalue weighted by molar-refractivity contribution is 0.462. The van der Waals surface area contributed by atoms with Gasteiger partial charge in [0, 0.05) is 17.5 Å². The Kier molecular flexibility index (Phi) is 3.72. The van der Waals surface area contributed by atoms with E-state index in [1.165, 1.54) is 36.0 Å². The van der Waals surface area contributed by atoms with Crippen LogP contribution < -0.4 is 5.32 Å². The average molecular weight is 271 g/mol. The monoisotopic (exact) mass is 271 g/mol. The molecule has 2 aromatic rings. The summed E-state index contributed by atoms with van der Waals surface area (Å²) in [4.78, 5) is 1.59. The Balaban J connectivity index is 1.72. The Bertz CT molecular complexity index is 570. The lowest BCUT2D eigenvalue weighted by Gasteiger charge is -2.24. The van der Waals surface area contributed by atoms with Crippen LogP contribution >= 0.6 is 11.3 Å². The highest BCUT2D eigenvalue weighted by atomic mass is 32.1. The molecule has 0 fully saturated rings. The molecule has 0 aliphatic heterocycles. The van der Waals surface area contributed by atoms with Gasteiger partial charge in [0.25, 0.3) is 0 Å². The van der Waals surface area contributed by atoms with Gasteiger partial charge in [0.15, 0.2) is 0 Å². The second kappa shape index (κ2) is 5.48. The van der Waals surface area contributed by atoms with Gasteiger partial charge in [0.1, 0.15) is 0 Å². The summed E-state index contributed by atoms with van der Waals surface area (Å²) in [5.74, 6) is 0. The van der Waals surface area contributed by atoms with Crippen molar-refractivity contribution >= 4 is 11.3 Å². The minimum atomic E-state index is 0.551. The molecule has 0 amide bonds. The number of thiophene rings is 1. The summed E-state index contributed by atoms with van der Waals surface area (Å²) >= 11 is 1.92. The minimum Gasteiger partial charge on any atom is -0.306 e. The maximum absolute atomic E-state index is 3.75. The summed E-state index contributed by atoms with van der Waals surface area (Å²) in [6, 6.07) is 9.58. The number of benzene rings is 1. The fourth-order valence-electron chi connectivity index (χ4n) is 2.92. The van der Waals surface area contributed by atoms with Gasteiger partial charge in [-0.15, -0.1) is 11.3 Å². The first-order valence-electron chi connectivity index (χ1n) is 7.10. The molecule has 0 bridgehead atoms. The Morgan fingerprint density at radius 3 is 3.05 bits per heavy atom. The van der Waals surface area contributed by atoms with E-state index in [1.807, 2.05) is 11.3 Å². The lowest BCUT2D eigenvalue weighted by atomic mass is 9.93. The Morgan fingerprint density at radius 2 is 2.16 bits per heavy atom. The molecule has 1 aliphatic carbocycles. The molecule has 3 rings (SSSR count). The van der Waals surface area contributed by atoms with Gasteiger partial charge in [-0.05, 0) is 61.2 Å². The molecular weight excluding hydrogens is 250 g/mol. The van der Waals surface area contributed by atoms with E-state index in [0.29, 0.717) is 6.04 Å². The zero-order chi connectivity index (χ0) is 13.2. The molecule has 19 heavy (non-hydrogen) atoms. The molecule has 100 valence electrons. The van der Waals surface area contributed by atoms with Gasteiger partial charge in [0.2, 0.25) is 0 Å². The topological polar surface area (TPSA) is 12.0 Å². The fraction of sp³-hybridized carbons (Fsp3) is 0.412. The number of hydrogen-bond acceptors (Lipinski definition) is 2. The first-order valence-corrected chi connectivity index (χ1v) is 7.98. The van der Waals surface area contributed by atoms with E-state index in [4.69, 9.17) is 0 Å². The van der Waals surface area contributed by atoms with Crippen molar-refractivity contribution in [3.8, 4) is 0 Å². The number of rotatable bonds is 3. The highest BCUT2D eigenvalue weighted by molar-refractivity contribution is 7.10. The molecule has 2 heteroatoms. The summed E-state index contributed by atoms with van der Waals surface area (Å²) in [5.41, 5.74) is 5.71. The molecule has 1 heterocycles. The third-order valence-corrected chi connectivity index (χ3v) is 5.09. The van der Waals surface area contributed by atoms with E-state index in [-0.39, 0.29) is 0 Å². The zero-order valence-corrected chi connectivity index (χ0v) is 12.5. The van der Waals surface area contributed by atoms with Crippen molar-refractivity contribution in [3.05, 3.63) is 56.8 Å². The Morgan fingerprint density at radius 1 is 1.26 bits per heavy atom. The zero-order valence-electron chi connectivity index (χ0n) is 11.7. The van der Waals surface area contributed by atoms with Crippen LogP contribution in [-0.2, 0) is 13.0 Å². The van der Waals surface area contributed by atoms with E-state index in [9.17, 15) is 0 Å². The van der Waals surface area contributed by atoms with Crippen LogP contribution in [-0.4, -0.2) is 0 Å². The molecule has 0 spiro atoms. The second-order valence-corrected chi connectivity index (χ2v) is 6.56. The fourth-order valence-corrected chi connectivity index (χ4v) is 3.91. The Hall–Kier alpha value is -1.12. The Labute approximate surface area is 119 Å². The second-order valence-electron chi connectivity index (χ2n) is 5.55. The largest absolute Gasteiger partial charge is 0.306 e. The lowest BCUT2D eigenvalue weighted by Crippen LogP contribution is -2.24. The predicted molar refractivity (Wildman–Crippen MR) is 82.8 cm³/mol. The van der Waals surface area contributed by atoms with E-state index in [2.05, 4.69) is 48.8 Å². The smallest absolute Gasteiger partial charge is 0.0334 e. The molecular formula is C17H21NS. The molecule has 0 saturated heterocycles. The van der Waals surface area contributed by atoms with Gasteiger partial charge in [0.05, 0.1) is 0 Å². The molecule has 0 saturated carbocycles. The predicted octanol–water partition coefficient (Wildman–Crippen LogP) is 4.53. The van der Waals surface area contributed by atoms with Crippen LogP contribution in [0.2, 0.25) is 0 Å². The van der Waals surface area contributed by atoms with Gasteiger partial charge < -0.3 is 5.32 Å². The molecule has 1 nitrogen and oxygen atoms in total. The number of nitrogens with one attached hydrogen (secondary N) is 1. The SMILES string of the molecule is Cc1ccc(C)c(CNC2CCCc3sccc32)c1. The molecule has 1 aliphatic rings. The summed E-state index contributed by atoms with van der Waals surface area (Å²) < 4.78 is 0. The summed E-state index contributed by atoms with van der Waals surface area (Å²) in [5, 5.41) is 5.99. The van der Waals surface area contributed by atoms with Crippen LogP contribution in [0.15, 0.2) is 29.6 Å². The molecule has 1 unspecified atom stereocenters. The summed E-state index contributed by atoms with van der Waals surface area (Å²) in [7, 11) is 0. The van der Waals surface area contributed by atoms with E-state index >= 15 is 0 Å². The van der Waals surface area contributed by atoms with Crippen LogP contribution in [0.4, 0.5) is 0 Å². The van der Waals surface area contributed by atoms with Crippen molar-refractivity contribution in [3.63, 3.8) is 0 Å². The number of aryl methyl sites for hydroxylation is 3. The molecule has 1 aromatic heterocycles. The van der Waals surface area contributed by atoms with Crippen molar-refractivity contribution in [2.45, 2.75) is 45.7 Å². The van der Waals surface area contributed by atoms with Crippen LogP contribution in [0.1, 0.15) is 46.0 Å². The van der Waals surface area contributed by atoms with Crippen molar-refractivity contribution < 1.29 is 0 Å². The van der Waals surface area contributed by atoms with Crippen LogP contribution in [0.5, 0.6) is 0 Å². The third kappa shape index (κ3) is 2.75. The van der Waals surface area contributed by atoms with Crippen molar-refractivity contribution in [2.24, 2.45) is 0 Å². The van der Waals surface area contributed by atoms with Gasteiger partial charge in [-0.3, -0.25) is 0 Å². The van der Waals surface area contributed by atoms with Crippen molar-refractivity contribution in [1.29, 1.82) is 0 Å². The van der Waals surface area contributed by atoms with E-state index in [0.717, 1.165) is 6.54 Å². The van der Waals surface area contributed by atoms with Crippen LogP contribution in [0.3, 0.4) is 0 Å². The number of fused-ring (bicyclic) bond motifs is 1. The van der Waals surface area contributed by atoms with Gasteiger partial charge >= 0.3 is 0 Å². The van der Waals surface area contributed by atoms with Gasteiger partial charge in [-0.2, -0.15) is 0 Å². The minimum absolute atomic E-state index is 0.551. The summed E-state index contributed by atoms with van der Waals surface area (Å²) in [6.07, 6.45) is 3.86. The highest BCUT2D eigenvalue weighted by Gasteiger charge is 2.20. The molecule has 1 atom stereocenters. The van der Waals surface area contributed by atoms with Crippen LogP contribution in [0.25, 0.3) is 0 Å². The summed E-state index contributed by atoms with van der Waals surface area (Å²) in [6.45, 7) is 5.35. The highest BCUT2D eigenvalue weighted by Crippen LogP contribution is 2.33. The first kappa shape index (κ1) is 12.9. The van der Waals surface area contributed by atoms with E-state index < -0.39 is 0 Å². The standard InChI is InChI=1S/C17H21NS/c1-12-6-7-13(2)14(10-12)11-18-16-4-3-5-17-15(16)8-9-19-17/h6-10,16,18H,3-5,11H2,1-2H3. The normalized spacial score (nSPS) is 18.3. The molecule has 1 N–H and O–H groups in total. The van der Waals surface area contributed by atoms with E-state index in [1.54, 1.807) is 10.4 Å². The third-order valence-electron chi connectivity index (χ3n) is 4.10. The quantitative estimate of drug-likeness (QED) is 0.864. The van der Waals surface area contributed by atoms with Gasteiger partial charge in [-0.1, -0.05) is 23.8 Å². The molecule has 1 aromatic carbocycles. The maximum atomic E-state index is 3.75. The first-order chi connectivity index (χ1) is 9.24. The average Bonchev–Trinajstić information content (AvgIpc) is 2.88. The molecule has 0 radical (unpaired) electrons. The van der Waals surface area contributed by atoms with Crippen molar-refractivity contribution in [2.75, 3.05) is 0 Å². The van der Waals surface area contributed by atoms with Crippen molar-refractivity contribution in [1.82, 2.24) is 5.32 Å². The van der Waals surface area contributed by atoms with Crippen LogP contribution in [0, 0.1) is 13.8 Å². The number of hydrogen-bond donors (Lipinski definition) is 1. The maximum Gasteiger partial charge on any atom is 0.0334 e. The van der Waals surface area contributed by atoms with Gasteiger partial charge in [-0.25, -0.2) is 0 Å².